The lowest BCUT2D eigenvalue weighted by Gasteiger charge is -2.37. The molecular formula is C23H38N4O3. The van der Waals surface area contributed by atoms with E-state index in [1.165, 1.54) is 5.56 Å². The minimum absolute atomic E-state index is 0.133. The van der Waals surface area contributed by atoms with Gasteiger partial charge in [0.1, 0.15) is 11.9 Å². The second-order valence-electron chi connectivity index (χ2n) is 8.23. The van der Waals surface area contributed by atoms with Crippen LogP contribution in [-0.4, -0.2) is 88.1 Å². The Morgan fingerprint density at radius 1 is 1.20 bits per heavy atom. The lowest BCUT2D eigenvalue weighted by atomic mass is 10.1. The zero-order valence-corrected chi connectivity index (χ0v) is 18.8. The number of aliphatic imine (C=N–C) groups is 1. The molecule has 0 bridgehead atoms. The summed E-state index contributed by atoms with van der Waals surface area (Å²) < 4.78 is 17.6. The summed E-state index contributed by atoms with van der Waals surface area (Å²) in [6.07, 6.45) is 3.61. The third-order valence-corrected chi connectivity index (χ3v) is 5.46. The monoisotopic (exact) mass is 418 g/mol. The molecular weight excluding hydrogens is 380 g/mol. The van der Waals surface area contributed by atoms with Crippen molar-refractivity contribution in [2.75, 3.05) is 60.1 Å². The second kappa shape index (κ2) is 12.1. The van der Waals surface area contributed by atoms with E-state index in [0.717, 1.165) is 77.0 Å². The maximum atomic E-state index is 5.98. The van der Waals surface area contributed by atoms with Crippen LogP contribution in [0.2, 0.25) is 0 Å². The van der Waals surface area contributed by atoms with E-state index in [0.29, 0.717) is 6.54 Å². The molecule has 0 aromatic heterocycles. The van der Waals surface area contributed by atoms with E-state index < -0.39 is 0 Å². The molecule has 0 aliphatic carbocycles. The van der Waals surface area contributed by atoms with Gasteiger partial charge in [-0.15, -0.1) is 0 Å². The molecule has 168 valence electrons. The molecule has 1 N–H and O–H groups in total. The first-order chi connectivity index (χ1) is 14.7. The number of nitrogens with one attached hydrogen (secondary N) is 1. The van der Waals surface area contributed by atoms with E-state index in [4.69, 9.17) is 19.2 Å². The number of benzene rings is 1. The maximum absolute atomic E-state index is 5.98. The van der Waals surface area contributed by atoms with Gasteiger partial charge < -0.3 is 29.3 Å². The Morgan fingerprint density at radius 2 is 2.00 bits per heavy atom. The Kier molecular flexibility index (Phi) is 9.24. The Labute approximate surface area is 181 Å². The molecule has 0 radical (unpaired) electrons. The highest BCUT2D eigenvalue weighted by Gasteiger charge is 2.32. The van der Waals surface area contributed by atoms with Gasteiger partial charge in [-0.25, -0.2) is 4.99 Å². The molecule has 2 saturated heterocycles. The normalized spacial score (nSPS) is 22.5. The number of hydrogen-bond donors (Lipinski definition) is 1. The van der Waals surface area contributed by atoms with E-state index >= 15 is 0 Å². The fourth-order valence-electron chi connectivity index (χ4n) is 3.84. The van der Waals surface area contributed by atoms with E-state index in [1.54, 1.807) is 0 Å². The van der Waals surface area contributed by atoms with E-state index in [-0.39, 0.29) is 12.2 Å². The predicted octanol–water partition coefficient (Wildman–Crippen LogP) is 2.36. The van der Waals surface area contributed by atoms with Gasteiger partial charge in [-0.1, -0.05) is 12.1 Å². The van der Waals surface area contributed by atoms with Crippen molar-refractivity contribution >= 4 is 5.96 Å². The molecule has 2 aliphatic rings. The number of nitrogens with zero attached hydrogens (tertiary/aromatic N) is 3. The smallest absolute Gasteiger partial charge is 0.194 e. The highest BCUT2D eigenvalue weighted by atomic mass is 16.5. The molecule has 7 heteroatoms. The number of hydrogen-bond acceptors (Lipinski definition) is 5. The zero-order chi connectivity index (χ0) is 21.2. The summed E-state index contributed by atoms with van der Waals surface area (Å²) in [6.45, 7) is 8.63. The quantitative estimate of drug-likeness (QED) is 0.377. The summed E-state index contributed by atoms with van der Waals surface area (Å²) in [4.78, 5) is 9.36. The second-order valence-corrected chi connectivity index (χ2v) is 8.23. The third-order valence-electron chi connectivity index (χ3n) is 5.46. The number of ether oxygens (including phenoxy) is 3. The molecule has 7 nitrogen and oxygen atoms in total. The van der Waals surface area contributed by atoms with Gasteiger partial charge >= 0.3 is 0 Å². The van der Waals surface area contributed by atoms with Crippen LogP contribution in [0.5, 0.6) is 5.75 Å². The van der Waals surface area contributed by atoms with Crippen LogP contribution in [0.1, 0.15) is 31.7 Å². The van der Waals surface area contributed by atoms with Crippen LogP contribution in [0.15, 0.2) is 29.3 Å². The lowest BCUT2D eigenvalue weighted by Crippen LogP contribution is -2.53. The molecule has 3 rings (SSSR count). The fraction of sp³-hybridized carbons (Fsp3) is 0.696. The van der Waals surface area contributed by atoms with Crippen LogP contribution in [0.4, 0.5) is 0 Å². The van der Waals surface area contributed by atoms with Gasteiger partial charge in [0.15, 0.2) is 5.96 Å². The Balaban J connectivity index is 1.52. The van der Waals surface area contributed by atoms with Crippen molar-refractivity contribution in [3.8, 4) is 5.75 Å². The number of morpholine rings is 1. The number of guanidine groups is 1. The van der Waals surface area contributed by atoms with Crippen LogP contribution < -0.4 is 10.1 Å². The van der Waals surface area contributed by atoms with Crippen molar-refractivity contribution in [3.63, 3.8) is 0 Å². The topological polar surface area (TPSA) is 58.6 Å². The Hall–Kier alpha value is -1.83. The van der Waals surface area contributed by atoms with Crippen molar-refractivity contribution < 1.29 is 14.2 Å². The van der Waals surface area contributed by atoms with Crippen molar-refractivity contribution in [2.24, 2.45) is 4.99 Å². The largest absolute Gasteiger partial charge is 0.494 e. The highest BCUT2D eigenvalue weighted by Crippen LogP contribution is 2.21. The van der Waals surface area contributed by atoms with Crippen LogP contribution >= 0.6 is 0 Å². The van der Waals surface area contributed by atoms with Gasteiger partial charge in [-0.3, -0.25) is 0 Å². The molecule has 2 unspecified atom stereocenters. The first-order valence-electron chi connectivity index (χ1n) is 11.3. The zero-order valence-electron chi connectivity index (χ0n) is 18.8. The fourth-order valence-corrected chi connectivity index (χ4v) is 3.84. The van der Waals surface area contributed by atoms with E-state index in [9.17, 15) is 0 Å². The molecule has 0 amide bonds. The molecule has 0 spiro atoms. The SMILES string of the molecule is CCNC(=NCc1ccc(OCCCN(C)C)cc1)N1CCOC(C2CCCO2)C1. The van der Waals surface area contributed by atoms with E-state index in [1.807, 2.05) is 12.1 Å². The summed E-state index contributed by atoms with van der Waals surface area (Å²) in [5, 5.41) is 3.44. The summed E-state index contributed by atoms with van der Waals surface area (Å²) in [5.74, 6) is 1.87. The van der Waals surface area contributed by atoms with Crippen LogP contribution in [0.25, 0.3) is 0 Å². The predicted molar refractivity (Wildman–Crippen MR) is 120 cm³/mol. The summed E-state index contributed by atoms with van der Waals surface area (Å²) in [6, 6.07) is 8.27. The van der Waals surface area contributed by atoms with Gasteiger partial charge in [0.05, 0.1) is 25.9 Å². The van der Waals surface area contributed by atoms with E-state index in [2.05, 4.69) is 48.3 Å². The van der Waals surface area contributed by atoms with Crippen molar-refractivity contribution in [3.05, 3.63) is 29.8 Å². The van der Waals surface area contributed by atoms with Gasteiger partial charge in [0, 0.05) is 32.8 Å². The molecule has 2 fully saturated rings. The first kappa shape index (κ1) is 22.8. The third kappa shape index (κ3) is 7.15. The first-order valence-corrected chi connectivity index (χ1v) is 11.3. The maximum Gasteiger partial charge on any atom is 0.194 e. The average Bonchev–Trinajstić information content (AvgIpc) is 3.30. The van der Waals surface area contributed by atoms with Crippen molar-refractivity contribution in [1.29, 1.82) is 0 Å². The highest BCUT2D eigenvalue weighted by molar-refractivity contribution is 5.80. The summed E-state index contributed by atoms with van der Waals surface area (Å²) in [7, 11) is 4.16. The minimum Gasteiger partial charge on any atom is -0.494 e. The summed E-state index contributed by atoms with van der Waals surface area (Å²) >= 11 is 0. The van der Waals surface area contributed by atoms with Crippen molar-refractivity contribution in [1.82, 2.24) is 15.1 Å². The molecule has 2 heterocycles. The van der Waals surface area contributed by atoms with Crippen LogP contribution in [0, 0.1) is 0 Å². The molecule has 30 heavy (non-hydrogen) atoms. The summed E-state index contributed by atoms with van der Waals surface area (Å²) in [5.41, 5.74) is 1.18. The van der Waals surface area contributed by atoms with Gasteiger partial charge in [-0.05, 0) is 58.0 Å². The van der Waals surface area contributed by atoms with Crippen LogP contribution in [-0.2, 0) is 16.0 Å². The average molecular weight is 419 g/mol. The standard InChI is InChI=1S/C23H38N4O3/c1-4-24-23(27-13-16-30-22(18-27)21-7-5-14-29-21)25-17-19-8-10-20(11-9-19)28-15-6-12-26(2)3/h8-11,21-22H,4-7,12-18H2,1-3H3,(H,24,25). The molecule has 1 aromatic carbocycles. The molecule has 2 atom stereocenters. The Morgan fingerprint density at radius 3 is 2.70 bits per heavy atom. The van der Waals surface area contributed by atoms with Crippen LogP contribution in [0.3, 0.4) is 0 Å². The molecule has 2 aliphatic heterocycles. The minimum atomic E-state index is 0.133. The molecule has 0 saturated carbocycles. The van der Waals surface area contributed by atoms with Crippen molar-refractivity contribution in [2.45, 2.75) is 44.9 Å². The number of rotatable bonds is 9. The van der Waals surface area contributed by atoms with Gasteiger partial charge in [0.25, 0.3) is 0 Å². The van der Waals surface area contributed by atoms with Gasteiger partial charge in [0.2, 0.25) is 0 Å². The lowest BCUT2D eigenvalue weighted by molar-refractivity contribution is -0.0817. The molecule has 1 aromatic rings. The van der Waals surface area contributed by atoms with Gasteiger partial charge in [-0.2, -0.15) is 0 Å². The Bertz CT molecular complexity index is 644.